The lowest BCUT2D eigenvalue weighted by molar-refractivity contribution is -0.130. The fourth-order valence-electron chi connectivity index (χ4n) is 3.25. The van der Waals surface area contributed by atoms with Crippen molar-refractivity contribution in [2.45, 2.75) is 32.6 Å². The van der Waals surface area contributed by atoms with Gasteiger partial charge in [-0.3, -0.25) is 14.4 Å². The molecular formula is C24H28N2O3S. The number of Topliss-reactive ketones (excluding diaryl/α,β-unsaturated/α-hetero) is 1. The molecule has 2 aromatic rings. The second-order valence-electron chi connectivity index (χ2n) is 8.48. The molecule has 0 unspecified atom stereocenters. The molecule has 30 heavy (non-hydrogen) atoms. The minimum atomic E-state index is -0.673. The van der Waals surface area contributed by atoms with E-state index in [0.717, 1.165) is 35.7 Å². The fraction of sp³-hybridized carbons (Fsp3) is 0.375. The summed E-state index contributed by atoms with van der Waals surface area (Å²) in [5.74, 6) is 0.861. The van der Waals surface area contributed by atoms with Crippen LogP contribution in [0.2, 0.25) is 0 Å². The maximum Gasteiger partial charge on any atom is 0.296 e. The zero-order valence-electron chi connectivity index (χ0n) is 17.7. The third-order valence-electron chi connectivity index (χ3n) is 5.15. The van der Waals surface area contributed by atoms with Crippen molar-refractivity contribution in [2.75, 3.05) is 29.9 Å². The van der Waals surface area contributed by atoms with Gasteiger partial charge in [-0.05, 0) is 28.7 Å². The Labute approximate surface area is 182 Å². The van der Waals surface area contributed by atoms with Crippen molar-refractivity contribution in [3.05, 3.63) is 65.2 Å². The van der Waals surface area contributed by atoms with E-state index in [9.17, 15) is 14.4 Å². The molecule has 1 aliphatic rings. The van der Waals surface area contributed by atoms with Gasteiger partial charge in [-0.2, -0.15) is 11.8 Å². The van der Waals surface area contributed by atoms with Gasteiger partial charge in [0.15, 0.2) is 0 Å². The van der Waals surface area contributed by atoms with Crippen molar-refractivity contribution in [1.82, 2.24) is 4.90 Å². The number of nitrogens with one attached hydrogen (secondary N) is 1. The van der Waals surface area contributed by atoms with Gasteiger partial charge in [-0.1, -0.05) is 57.2 Å². The minimum absolute atomic E-state index is 0.0140. The molecule has 5 nitrogen and oxygen atoms in total. The van der Waals surface area contributed by atoms with Crippen LogP contribution in [0.1, 0.15) is 42.3 Å². The van der Waals surface area contributed by atoms with E-state index in [1.54, 1.807) is 24.3 Å². The Morgan fingerprint density at radius 3 is 2.10 bits per heavy atom. The monoisotopic (exact) mass is 424 g/mol. The second-order valence-corrected chi connectivity index (χ2v) is 9.70. The molecule has 158 valence electrons. The average Bonchev–Trinajstić information content (AvgIpc) is 2.74. The highest BCUT2D eigenvalue weighted by Gasteiger charge is 2.19. The van der Waals surface area contributed by atoms with Gasteiger partial charge in [-0.15, -0.1) is 0 Å². The summed E-state index contributed by atoms with van der Waals surface area (Å²) < 4.78 is 0. The van der Waals surface area contributed by atoms with E-state index in [-0.39, 0.29) is 11.3 Å². The normalized spacial score (nSPS) is 14.3. The lowest BCUT2D eigenvalue weighted by Gasteiger charge is -2.26. The Balaban J connectivity index is 1.57. The van der Waals surface area contributed by atoms with Crippen LogP contribution in [0.3, 0.4) is 0 Å². The zero-order valence-corrected chi connectivity index (χ0v) is 18.6. The molecule has 2 amide bonds. The summed E-state index contributed by atoms with van der Waals surface area (Å²) in [5, 5.41) is 2.64. The van der Waals surface area contributed by atoms with Gasteiger partial charge in [-0.25, -0.2) is 0 Å². The third kappa shape index (κ3) is 5.72. The average molecular weight is 425 g/mol. The Kier molecular flexibility index (Phi) is 6.98. The van der Waals surface area contributed by atoms with Gasteiger partial charge in [0.1, 0.15) is 0 Å². The first kappa shape index (κ1) is 22.1. The van der Waals surface area contributed by atoms with Crippen LogP contribution in [0.25, 0.3) is 0 Å². The summed E-state index contributed by atoms with van der Waals surface area (Å²) in [6.45, 7) is 7.89. The second kappa shape index (κ2) is 9.47. The summed E-state index contributed by atoms with van der Waals surface area (Å²) in [7, 11) is 0. The van der Waals surface area contributed by atoms with E-state index in [4.69, 9.17) is 0 Å². The molecule has 0 aliphatic carbocycles. The van der Waals surface area contributed by atoms with Crippen LogP contribution >= 0.6 is 11.8 Å². The molecule has 1 fully saturated rings. The highest BCUT2D eigenvalue weighted by molar-refractivity contribution is 7.99. The largest absolute Gasteiger partial charge is 0.341 e. The maximum absolute atomic E-state index is 12.4. The van der Waals surface area contributed by atoms with Crippen LogP contribution in [-0.2, 0) is 21.4 Å². The van der Waals surface area contributed by atoms with Gasteiger partial charge < -0.3 is 10.2 Å². The van der Waals surface area contributed by atoms with Crippen molar-refractivity contribution in [1.29, 1.82) is 0 Å². The van der Waals surface area contributed by atoms with Crippen molar-refractivity contribution < 1.29 is 14.4 Å². The van der Waals surface area contributed by atoms with Gasteiger partial charge in [0, 0.05) is 35.8 Å². The molecule has 0 saturated carbocycles. The quantitative estimate of drug-likeness (QED) is 0.584. The van der Waals surface area contributed by atoms with E-state index in [1.165, 1.54) is 0 Å². The summed E-state index contributed by atoms with van der Waals surface area (Å²) in [6.07, 6.45) is 0.345. The summed E-state index contributed by atoms with van der Waals surface area (Å²) in [6, 6.07) is 14.2. The summed E-state index contributed by atoms with van der Waals surface area (Å²) in [5.41, 5.74) is 2.88. The molecule has 1 aliphatic heterocycles. The summed E-state index contributed by atoms with van der Waals surface area (Å²) >= 11 is 1.87. The van der Waals surface area contributed by atoms with Crippen molar-refractivity contribution in [2.24, 2.45) is 0 Å². The molecule has 6 heteroatoms. The molecule has 3 rings (SSSR count). The first-order chi connectivity index (χ1) is 14.2. The standard InChI is InChI=1S/C24H28N2O3S/c1-24(2,3)19-8-6-18(7-9-19)22(28)23(29)25-20-10-4-17(5-11-20)16-21(27)26-12-14-30-15-13-26/h4-11H,12-16H2,1-3H3,(H,25,29). The number of anilines is 1. The van der Waals surface area contributed by atoms with E-state index >= 15 is 0 Å². The molecule has 1 heterocycles. The van der Waals surface area contributed by atoms with Gasteiger partial charge >= 0.3 is 0 Å². The molecule has 0 atom stereocenters. The number of thioether (sulfide) groups is 1. The van der Waals surface area contributed by atoms with Crippen LogP contribution in [0.5, 0.6) is 0 Å². The molecule has 1 N–H and O–H groups in total. The van der Waals surface area contributed by atoms with Crippen molar-refractivity contribution >= 4 is 35.0 Å². The Morgan fingerprint density at radius 2 is 1.53 bits per heavy atom. The third-order valence-corrected chi connectivity index (χ3v) is 6.09. The fourth-order valence-corrected chi connectivity index (χ4v) is 4.15. The first-order valence-electron chi connectivity index (χ1n) is 10.1. The molecule has 0 radical (unpaired) electrons. The number of ketones is 1. The van der Waals surface area contributed by atoms with E-state index < -0.39 is 11.7 Å². The van der Waals surface area contributed by atoms with Gasteiger partial charge in [0.25, 0.3) is 11.7 Å². The number of carbonyl (C=O) groups excluding carboxylic acids is 3. The Morgan fingerprint density at radius 1 is 0.933 bits per heavy atom. The van der Waals surface area contributed by atoms with Crippen LogP contribution in [-0.4, -0.2) is 47.1 Å². The molecule has 0 spiro atoms. The summed E-state index contributed by atoms with van der Waals surface area (Å²) in [4.78, 5) is 39.0. The first-order valence-corrected chi connectivity index (χ1v) is 11.3. The lowest BCUT2D eigenvalue weighted by Crippen LogP contribution is -2.38. The number of benzene rings is 2. The number of rotatable bonds is 5. The number of amides is 2. The van der Waals surface area contributed by atoms with Crippen LogP contribution in [0.15, 0.2) is 48.5 Å². The minimum Gasteiger partial charge on any atom is -0.341 e. The zero-order chi connectivity index (χ0) is 21.7. The SMILES string of the molecule is CC(C)(C)c1ccc(C(=O)C(=O)Nc2ccc(CC(=O)N3CCSCC3)cc2)cc1. The molecule has 0 aromatic heterocycles. The number of hydrogen-bond acceptors (Lipinski definition) is 4. The molecule has 1 saturated heterocycles. The lowest BCUT2D eigenvalue weighted by atomic mass is 9.86. The van der Waals surface area contributed by atoms with Gasteiger partial charge in [0.05, 0.1) is 6.42 Å². The van der Waals surface area contributed by atoms with E-state index in [0.29, 0.717) is 17.7 Å². The smallest absolute Gasteiger partial charge is 0.296 e. The van der Waals surface area contributed by atoms with Crippen molar-refractivity contribution in [3.8, 4) is 0 Å². The Hall–Kier alpha value is -2.60. The highest BCUT2D eigenvalue weighted by Crippen LogP contribution is 2.22. The number of nitrogens with zero attached hydrogens (tertiary/aromatic N) is 1. The molecule has 0 bridgehead atoms. The predicted octanol–water partition coefficient (Wildman–Crippen LogP) is 3.92. The maximum atomic E-state index is 12.4. The van der Waals surface area contributed by atoms with Crippen LogP contribution in [0, 0.1) is 0 Å². The Bertz CT molecular complexity index is 909. The van der Waals surface area contributed by atoms with Gasteiger partial charge in [0.2, 0.25) is 5.91 Å². The topological polar surface area (TPSA) is 66.5 Å². The number of hydrogen-bond donors (Lipinski definition) is 1. The molecule has 2 aromatic carbocycles. The van der Waals surface area contributed by atoms with E-state index in [2.05, 4.69) is 26.1 Å². The number of carbonyl (C=O) groups is 3. The van der Waals surface area contributed by atoms with Crippen molar-refractivity contribution in [3.63, 3.8) is 0 Å². The molecular weight excluding hydrogens is 396 g/mol. The highest BCUT2D eigenvalue weighted by atomic mass is 32.2. The van der Waals surface area contributed by atoms with E-state index in [1.807, 2.05) is 40.9 Å². The van der Waals surface area contributed by atoms with Crippen LogP contribution in [0.4, 0.5) is 5.69 Å². The van der Waals surface area contributed by atoms with Crippen LogP contribution < -0.4 is 5.32 Å². The predicted molar refractivity (Wildman–Crippen MR) is 122 cm³/mol.